The Kier molecular flexibility index (Phi) is 7.40. The molecule has 0 aliphatic carbocycles. The van der Waals surface area contributed by atoms with Crippen molar-refractivity contribution in [3.63, 3.8) is 0 Å². The lowest BCUT2D eigenvalue weighted by atomic mass is 10.1. The second-order valence-electron chi connectivity index (χ2n) is 6.51. The summed E-state index contributed by atoms with van der Waals surface area (Å²) in [6.45, 7) is 3.97. The van der Waals surface area contributed by atoms with Gasteiger partial charge >= 0.3 is 5.97 Å². The number of hydrogen-bond donors (Lipinski definition) is 3. The van der Waals surface area contributed by atoms with E-state index in [1.54, 1.807) is 24.3 Å². The fraction of sp³-hybridized carbons (Fsp3) is 0.250. The Morgan fingerprint density at radius 2 is 1.86 bits per heavy atom. The normalized spacial score (nSPS) is 10.4. The first-order valence-electron chi connectivity index (χ1n) is 8.67. The van der Waals surface area contributed by atoms with Crippen LogP contribution in [-0.2, 0) is 9.53 Å². The molecule has 2 aromatic carbocycles. The van der Waals surface area contributed by atoms with E-state index in [0.717, 1.165) is 0 Å². The molecular weight excluding hydrogens is 382 g/mol. The minimum absolute atomic E-state index is 0.183. The van der Waals surface area contributed by atoms with Crippen molar-refractivity contribution in [3.05, 3.63) is 58.6 Å². The molecule has 0 fully saturated rings. The van der Waals surface area contributed by atoms with E-state index in [1.807, 2.05) is 13.8 Å². The zero-order valence-corrected chi connectivity index (χ0v) is 16.4. The van der Waals surface area contributed by atoms with E-state index < -0.39 is 18.5 Å². The summed E-state index contributed by atoms with van der Waals surface area (Å²) in [7, 11) is 0. The predicted molar refractivity (Wildman–Crippen MR) is 108 cm³/mol. The van der Waals surface area contributed by atoms with Crippen molar-refractivity contribution >= 4 is 40.8 Å². The first-order valence-corrected chi connectivity index (χ1v) is 9.05. The van der Waals surface area contributed by atoms with Gasteiger partial charge in [0.1, 0.15) is 0 Å². The van der Waals surface area contributed by atoms with E-state index in [0.29, 0.717) is 28.7 Å². The molecule has 0 spiro atoms. The number of carbonyl (C=O) groups is 3. The Hall–Kier alpha value is -3.06. The van der Waals surface area contributed by atoms with E-state index in [-0.39, 0.29) is 17.2 Å². The van der Waals surface area contributed by atoms with Crippen LogP contribution >= 0.6 is 11.6 Å². The van der Waals surface area contributed by atoms with Gasteiger partial charge in [-0.3, -0.25) is 9.59 Å². The van der Waals surface area contributed by atoms with Crippen molar-refractivity contribution in [1.82, 2.24) is 5.32 Å². The average molecular weight is 404 g/mol. The Morgan fingerprint density at radius 3 is 2.54 bits per heavy atom. The van der Waals surface area contributed by atoms with Gasteiger partial charge in [0.15, 0.2) is 6.61 Å². The summed E-state index contributed by atoms with van der Waals surface area (Å²) in [4.78, 5) is 36.5. The highest BCUT2D eigenvalue weighted by Crippen LogP contribution is 2.20. The second kappa shape index (κ2) is 9.75. The van der Waals surface area contributed by atoms with Crippen LogP contribution < -0.4 is 16.4 Å². The molecule has 0 saturated heterocycles. The standard InChI is InChI=1S/C20H22ClN3O4/c1-12(2)10-23-19(26)14-5-3-4-6-17(14)24-18(25)11-28-20(27)13-7-8-15(21)16(22)9-13/h3-9,12H,10-11,22H2,1-2H3,(H,23,26)(H,24,25). The smallest absolute Gasteiger partial charge is 0.338 e. The number of nitrogens with one attached hydrogen (secondary N) is 2. The molecular formula is C20H22ClN3O4. The lowest BCUT2D eigenvalue weighted by Gasteiger charge is -2.12. The quantitative estimate of drug-likeness (QED) is 0.486. The van der Waals surface area contributed by atoms with Gasteiger partial charge in [0, 0.05) is 6.54 Å². The number of amides is 2. The highest BCUT2D eigenvalue weighted by atomic mass is 35.5. The predicted octanol–water partition coefficient (Wildman–Crippen LogP) is 3.10. The molecule has 2 rings (SSSR count). The molecule has 0 unspecified atom stereocenters. The van der Waals surface area contributed by atoms with Gasteiger partial charge in [0.2, 0.25) is 0 Å². The number of carbonyl (C=O) groups excluding carboxylic acids is 3. The molecule has 2 amide bonds. The van der Waals surface area contributed by atoms with Crippen LogP contribution in [0.1, 0.15) is 34.6 Å². The first kappa shape index (κ1) is 21.2. The molecule has 0 atom stereocenters. The minimum atomic E-state index is -0.707. The number of halogens is 1. The van der Waals surface area contributed by atoms with Crippen LogP contribution in [0.5, 0.6) is 0 Å². The Labute approximate surface area is 168 Å². The number of benzene rings is 2. The van der Waals surface area contributed by atoms with Gasteiger partial charge in [0.25, 0.3) is 11.8 Å². The van der Waals surface area contributed by atoms with Gasteiger partial charge in [-0.25, -0.2) is 4.79 Å². The van der Waals surface area contributed by atoms with Crippen molar-refractivity contribution in [2.24, 2.45) is 5.92 Å². The van der Waals surface area contributed by atoms with Crippen molar-refractivity contribution in [2.45, 2.75) is 13.8 Å². The SMILES string of the molecule is CC(C)CNC(=O)c1ccccc1NC(=O)COC(=O)c1ccc(Cl)c(N)c1. The zero-order chi connectivity index (χ0) is 20.7. The molecule has 148 valence electrons. The minimum Gasteiger partial charge on any atom is -0.452 e. The van der Waals surface area contributed by atoms with Crippen molar-refractivity contribution in [3.8, 4) is 0 Å². The first-order chi connectivity index (χ1) is 13.3. The maximum Gasteiger partial charge on any atom is 0.338 e. The second-order valence-corrected chi connectivity index (χ2v) is 6.92. The number of esters is 1. The third-order valence-corrected chi connectivity index (χ3v) is 4.03. The number of hydrogen-bond acceptors (Lipinski definition) is 5. The third kappa shape index (κ3) is 5.99. The van der Waals surface area contributed by atoms with Crippen LogP contribution in [-0.4, -0.2) is 30.9 Å². The molecule has 0 aromatic heterocycles. The molecule has 0 bridgehead atoms. The molecule has 0 radical (unpaired) electrons. The fourth-order valence-corrected chi connectivity index (χ4v) is 2.37. The number of para-hydroxylation sites is 1. The molecule has 28 heavy (non-hydrogen) atoms. The van der Waals surface area contributed by atoms with Crippen molar-refractivity contribution in [2.75, 3.05) is 24.2 Å². The molecule has 0 aliphatic heterocycles. The zero-order valence-electron chi connectivity index (χ0n) is 15.6. The van der Waals surface area contributed by atoms with Gasteiger partial charge in [-0.1, -0.05) is 37.6 Å². The van der Waals surface area contributed by atoms with E-state index >= 15 is 0 Å². The van der Waals surface area contributed by atoms with Gasteiger partial charge < -0.3 is 21.1 Å². The highest BCUT2D eigenvalue weighted by Gasteiger charge is 2.15. The average Bonchev–Trinajstić information content (AvgIpc) is 2.66. The Morgan fingerprint density at radius 1 is 1.14 bits per heavy atom. The third-order valence-electron chi connectivity index (χ3n) is 3.68. The van der Waals surface area contributed by atoms with Crippen LogP contribution in [0.2, 0.25) is 5.02 Å². The van der Waals surface area contributed by atoms with E-state index in [9.17, 15) is 14.4 Å². The van der Waals surface area contributed by atoms with Crippen LogP contribution in [0.25, 0.3) is 0 Å². The highest BCUT2D eigenvalue weighted by molar-refractivity contribution is 6.33. The summed E-state index contributed by atoms with van der Waals surface area (Å²) in [6.07, 6.45) is 0. The topological polar surface area (TPSA) is 111 Å². The van der Waals surface area contributed by atoms with Gasteiger partial charge in [-0.2, -0.15) is 0 Å². The molecule has 0 aliphatic rings. The number of nitrogen functional groups attached to an aromatic ring is 1. The summed E-state index contributed by atoms with van der Waals surface area (Å²) < 4.78 is 4.99. The van der Waals surface area contributed by atoms with E-state index in [4.69, 9.17) is 22.1 Å². The lowest BCUT2D eigenvalue weighted by molar-refractivity contribution is -0.119. The van der Waals surface area contributed by atoms with Crippen molar-refractivity contribution < 1.29 is 19.1 Å². The van der Waals surface area contributed by atoms with Gasteiger partial charge in [-0.05, 0) is 36.2 Å². The summed E-state index contributed by atoms with van der Waals surface area (Å²) in [6, 6.07) is 10.9. The molecule has 2 aromatic rings. The van der Waals surface area contributed by atoms with Crippen LogP contribution in [0.4, 0.5) is 11.4 Å². The summed E-state index contributed by atoms with van der Waals surface area (Å²) in [5.41, 5.74) is 6.73. The van der Waals surface area contributed by atoms with Crippen LogP contribution in [0, 0.1) is 5.92 Å². The van der Waals surface area contributed by atoms with Crippen LogP contribution in [0.15, 0.2) is 42.5 Å². The summed E-state index contributed by atoms with van der Waals surface area (Å²) in [5, 5.41) is 5.70. The molecule has 8 heteroatoms. The van der Waals surface area contributed by atoms with E-state index in [2.05, 4.69) is 10.6 Å². The molecule has 7 nitrogen and oxygen atoms in total. The summed E-state index contributed by atoms with van der Waals surface area (Å²) in [5.74, 6) is -1.27. The lowest BCUT2D eigenvalue weighted by Crippen LogP contribution is -2.29. The largest absolute Gasteiger partial charge is 0.452 e. The van der Waals surface area contributed by atoms with Gasteiger partial charge in [-0.15, -0.1) is 0 Å². The van der Waals surface area contributed by atoms with Crippen LogP contribution in [0.3, 0.4) is 0 Å². The number of ether oxygens (including phenoxy) is 1. The monoisotopic (exact) mass is 403 g/mol. The number of rotatable bonds is 7. The maximum atomic E-state index is 12.3. The number of anilines is 2. The summed E-state index contributed by atoms with van der Waals surface area (Å²) >= 11 is 5.81. The fourth-order valence-electron chi connectivity index (χ4n) is 2.25. The van der Waals surface area contributed by atoms with Gasteiger partial charge in [0.05, 0.1) is 27.5 Å². The van der Waals surface area contributed by atoms with E-state index in [1.165, 1.54) is 18.2 Å². The Balaban J connectivity index is 1.96. The molecule has 0 saturated carbocycles. The maximum absolute atomic E-state index is 12.3. The van der Waals surface area contributed by atoms with Crippen molar-refractivity contribution in [1.29, 1.82) is 0 Å². The molecule has 4 N–H and O–H groups in total. The molecule has 0 heterocycles. The number of nitrogens with two attached hydrogens (primary N) is 1. The Bertz CT molecular complexity index is 884.